The molecule has 4 heteroatoms. The van der Waals surface area contributed by atoms with E-state index in [0.717, 1.165) is 5.56 Å². The second kappa shape index (κ2) is 8.17. The number of carbonyl (C=O) groups is 1. The molecular formula is C11H17NO2S. The van der Waals surface area contributed by atoms with Gasteiger partial charge in [-0.15, -0.1) is 0 Å². The van der Waals surface area contributed by atoms with Gasteiger partial charge in [0, 0.05) is 16.6 Å². The maximum atomic E-state index is 11.2. The summed E-state index contributed by atoms with van der Waals surface area (Å²) in [6.07, 6.45) is 0. The highest BCUT2D eigenvalue weighted by atomic mass is 32.2. The first-order valence-corrected chi connectivity index (χ1v) is 6.34. The highest BCUT2D eigenvalue weighted by molar-refractivity contribution is 7.84. The number of amides is 1. The molecule has 15 heavy (non-hydrogen) atoms. The van der Waals surface area contributed by atoms with Crippen molar-refractivity contribution in [2.45, 2.75) is 19.6 Å². The topological polar surface area (TPSA) is 60.2 Å². The van der Waals surface area contributed by atoms with Gasteiger partial charge in [-0.1, -0.05) is 44.2 Å². The normalized spacial score (nSPS) is 11.1. The van der Waals surface area contributed by atoms with Crippen molar-refractivity contribution in [3.8, 4) is 0 Å². The lowest BCUT2D eigenvalue weighted by Gasteiger charge is -1.98. The first kappa shape index (κ1) is 13.8. The smallest absolute Gasteiger partial charge is 0.230 e. The molecule has 0 aliphatic heterocycles. The molecule has 84 valence electrons. The fraction of sp³-hybridized carbons (Fsp3) is 0.364. The van der Waals surface area contributed by atoms with Crippen LogP contribution < -0.4 is 5.73 Å². The Morgan fingerprint density at radius 3 is 2.27 bits per heavy atom. The van der Waals surface area contributed by atoms with Crippen molar-refractivity contribution in [3.05, 3.63) is 35.9 Å². The van der Waals surface area contributed by atoms with Gasteiger partial charge in [-0.25, -0.2) is 0 Å². The number of rotatable bonds is 4. The molecular weight excluding hydrogens is 210 g/mol. The molecule has 2 N–H and O–H groups in total. The summed E-state index contributed by atoms with van der Waals surface area (Å²) in [5.74, 6) is -0.187. The maximum absolute atomic E-state index is 11.2. The highest BCUT2D eigenvalue weighted by Gasteiger charge is 2.04. The third-order valence-corrected chi connectivity index (χ3v) is 2.74. The average Bonchev–Trinajstić information content (AvgIpc) is 2.21. The van der Waals surface area contributed by atoms with E-state index >= 15 is 0 Å². The monoisotopic (exact) mass is 227 g/mol. The number of hydrogen-bond donors (Lipinski definition) is 1. The standard InChI is InChI=1S/C9H11NO2S.C2H6/c10-9(11)7-13(12)6-8-4-2-1-3-5-8;1-2/h1-5H,6-7H2,(H2,10,11);1-2H3. The summed E-state index contributed by atoms with van der Waals surface area (Å²) in [6.45, 7) is 4.00. The number of nitrogens with two attached hydrogens (primary N) is 1. The fourth-order valence-electron chi connectivity index (χ4n) is 0.970. The Hall–Kier alpha value is -1.16. The summed E-state index contributed by atoms with van der Waals surface area (Å²) in [6, 6.07) is 9.38. The molecule has 1 rings (SSSR count). The van der Waals surface area contributed by atoms with E-state index in [1.54, 1.807) is 0 Å². The summed E-state index contributed by atoms with van der Waals surface area (Å²) in [7, 11) is -1.18. The molecule has 0 radical (unpaired) electrons. The quantitative estimate of drug-likeness (QED) is 0.846. The highest BCUT2D eigenvalue weighted by Crippen LogP contribution is 2.02. The molecule has 0 heterocycles. The summed E-state index contributed by atoms with van der Waals surface area (Å²) in [5.41, 5.74) is 5.88. The maximum Gasteiger partial charge on any atom is 0.230 e. The van der Waals surface area contributed by atoms with E-state index in [9.17, 15) is 9.00 Å². The van der Waals surface area contributed by atoms with E-state index in [1.807, 2.05) is 44.2 Å². The number of carbonyl (C=O) groups excluding carboxylic acids is 1. The minimum absolute atomic E-state index is 0.0606. The number of hydrogen-bond acceptors (Lipinski definition) is 2. The molecule has 0 bridgehead atoms. The lowest BCUT2D eigenvalue weighted by atomic mass is 10.2. The van der Waals surface area contributed by atoms with Crippen LogP contribution in [0.15, 0.2) is 30.3 Å². The van der Waals surface area contributed by atoms with Crippen molar-refractivity contribution in [2.75, 3.05) is 5.75 Å². The van der Waals surface area contributed by atoms with Crippen LogP contribution >= 0.6 is 0 Å². The average molecular weight is 227 g/mol. The van der Waals surface area contributed by atoms with Crippen LogP contribution in [0.3, 0.4) is 0 Å². The molecule has 1 amide bonds. The van der Waals surface area contributed by atoms with E-state index in [1.165, 1.54) is 0 Å². The van der Waals surface area contributed by atoms with Gasteiger partial charge >= 0.3 is 0 Å². The van der Waals surface area contributed by atoms with Crippen LogP contribution in [0.5, 0.6) is 0 Å². The largest absolute Gasteiger partial charge is 0.369 e. The van der Waals surface area contributed by atoms with Crippen LogP contribution in [-0.4, -0.2) is 15.9 Å². The summed E-state index contributed by atoms with van der Waals surface area (Å²) in [5, 5.41) is 0. The van der Waals surface area contributed by atoms with E-state index < -0.39 is 16.7 Å². The van der Waals surface area contributed by atoms with Gasteiger partial charge in [0.1, 0.15) is 5.75 Å². The summed E-state index contributed by atoms with van der Waals surface area (Å²) in [4.78, 5) is 10.4. The van der Waals surface area contributed by atoms with Gasteiger partial charge < -0.3 is 5.73 Å². The van der Waals surface area contributed by atoms with Gasteiger partial charge in [-0.2, -0.15) is 0 Å². The number of primary amides is 1. The minimum Gasteiger partial charge on any atom is -0.369 e. The Morgan fingerprint density at radius 1 is 1.27 bits per heavy atom. The zero-order valence-corrected chi connectivity index (χ0v) is 9.92. The third kappa shape index (κ3) is 6.85. The van der Waals surface area contributed by atoms with Crippen molar-refractivity contribution >= 4 is 16.7 Å². The molecule has 0 aromatic heterocycles. The minimum atomic E-state index is -1.18. The molecule has 1 aromatic carbocycles. The summed E-state index contributed by atoms with van der Waals surface area (Å²) >= 11 is 0. The zero-order chi connectivity index (χ0) is 11.7. The van der Waals surface area contributed by atoms with Crippen LogP contribution in [0.4, 0.5) is 0 Å². The van der Waals surface area contributed by atoms with E-state index in [-0.39, 0.29) is 5.75 Å². The van der Waals surface area contributed by atoms with Gasteiger partial charge in [0.2, 0.25) is 5.91 Å². The molecule has 0 spiro atoms. The molecule has 0 saturated heterocycles. The van der Waals surface area contributed by atoms with Crippen LogP contribution in [0, 0.1) is 0 Å². The van der Waals surface area contributed by atoms with Crippen molar-refractivity contribution in [2.24, 2.45) is 5.73 Å². The first-order valence-electron chi connectivity index (χ1n) is 4.85. The van der Waals surface area contributed by atoms with Crippen molar-refractivity contribution in [1.29, 1.82) is 0 Å². The molecule has 0 saturated carbocycles. The van der Waals surface area contributed by atoms with Gasteiger partial charge in [0.05, 0.1) is 0 Å². The predicted octanol–water partition coefficient (Wildman–Crippen LogP) is 1.45. The van der Waals surface area contributed by atoms with E-state index in [0.29, 0.717) is 5.75 Å². The Morgan fingerprint density at radius 2 is 1.80 bits per heavy atom. The zero-order valence-electron chi connectivity index (χ0n) is 9.10. The lowest BCUT2D eigenvalue weighted by molar-refractivity contribution is -0.115. The van der Waals surface area contributed by atoms with Gasteiger partial charge in [-0.3, -0.25) is 9.00 Å². The molecule has 0 aliphatic rings. The van der Waals surface area contributed by atoms with Crippen molar-refractivity contribution in [3.63, 3.8) is 0 Å². The van der Waals surface area contributed by atoms with Crippen LogP contribution in [0.2, 0.25) is 0 Å². The van der Waals surface area contributed by atoms with Gasteiger partial charge in [-0.05, 0) is 5.56 Å². The molecule has 1 unspecified atom stereocenters. The van der Waals surface area contributed by atoms with Gasteiger partial charge in [0.15, 0.2) is 0 Å². The van der Waals surface area contributed by atoms with Gasteiger partial charge in [0.25, 0.3) is 0 Å². The number of benzene rings is 1. The molecule has 0 fully saturated rings. The Labute approximate surface area is 93.1 Å². The predicted molar refractivity (Wildman–Crippen MR) is 63.7 cm³/mol. The SMILES string of the molecule is CC.NC(=O)CS(=O)Cc1ccccc1. The Bertz CT molecular complexity index is 312. The summed E-state index contributed by atoms with van der Waals surface area (Å²) < 4.78 is 11.2. The van der Waals surface area contributed by atoms with E-state index in [4.69, 9.17) is 5.73 Å². The van der Waals surface area contributed by atoms with Crippen LogP contribution in [-0.2, 0) is 21.3 Å². The fourth-order valence-corrected chi connectivity index (χ4v) is 1.95. The second-order valence-corrected chi connectivity index (χ2v) is 4.14. The van der Waals surface area contributed by atoms with Crippen LogP contribution in [0.1, 0.15) is 19.4 Å². The van der Waals surface area contributed by atoms with Crippen molar-refractivity contribution < 1.29 is 9.00 Å². The Kier molecular flexibility index (Phi) is 7.54. The molecule has 3 nitrogen and oxygen atoms in total. The van der Waals surface area contributed by atoms with E-state index in [2.05, 4.69) is 0 Å². The molecule has 1 aromatic rings. The molecule has 0 aliphatic carbocycles. The van der Waals surface area contributed by atoms with Crippen LogP contribution in [0.25, 0.3) is 0 Å². The lowest BCUT2D eigenvalue weighted by Crippen LogP contribution is -2.20. The third-order valence-electron chi connectivity index (χ3n) is 1.47. The molecule has 1 atom stereocenters. The second-order valence-electron chi connectivity index (χ2n) is 2.68. The van der Waals surface area contributed by atoms with Crippen molar-refractivity contribution in [1.82, 2.24) is 0 Å². The Balaban J connectivity index is 0.000000921. The first-order chi connectivity index (χ1) is 7.18.